The molecule has 0 unspecified atom stereocenters. The highest BCUT2D eigenvalue weighted by molar-refractivity contribution is 7.86. The second-order valence-electron chi connectivity index (χ2n) is 2.68. The third kappa shape index (κ3) is 2.30. The summed E-state index contributed by atoms with van der Waals surface area (Å²) >= 11 is 0. The molecule has 0 aliphatic carbocycles. The first-order valence-corrected chi connectivity index (χ1v) is 5.24. The monoisotopic (exact) mass is 235 g/mol. The van der Waals surface area contributed by atoms with Gasteiger partial charge in [0.15, 0.2) is 0 Å². The molecule has 0 spiro atoms. The normalized spacial score (nSPS) is 11.1. The number of rotatable bonds is 3. The first kappa shape index (κ1) is 11.6. The largest absolute Gasteiger partial charge is 0.495 e. The Morgan fingerprint density at radius 2 is 1.73 bits per heavy atom. The molecule has 5 nitrogen and oxygen atoms in total. The van der Waals surface area contributed by atoms with Gasteiger partial charge in [-0.3, -0.25) is 0 Å². The first-order chi connectivity index (χ1) is 6.90. The lowest BCUT2D eigenvalue weighted by atomic mass is 10.3. The van der Waals surface area contributed by atoms with E-state index in [9.17, 15) is 12.3 Å². The predicted molar refractivity (Wildman–Crippen MR) is 52.3 cm³/mol. The number of methoxy groups -OCH3 is 2. The van der Waals surface area contributed by atoms with Gasteiger partial charge in [-0.15, -0.1) is 3.89 Å². The summed E-state index contributed by atoms with van der Waals surface area (Å²) in [5.41, 5.74) is 5.67. The maximum Gasteiger partial charge on any atom is 0.335 e. The summed E-state index contributed by atoms with van der Waals surface area (Å²) < 4.78 is 43.8. The van der Waals surface area contributed by atoms with E-state index in [1.54, 1.807) is 0 Å². The summed E-state index contributed by atoms with van der Waals surface area (Å²) in [7, 11) is -2.34. The smallest absolute Gasteiger partial charge is 0.335 e. The van der Waals surface area contributed by atoms with Gasteiger partial charge in [-0.2, -0.15) is 8.42 Å². The van der Waals surface area contributed by atoms with E-state index in [1.165, 1.54) is 20.3 Å². The fourth-order valence-corrected chi connectivity index (χ4v) is 1.71. The van der Waals surface area contributed by atoms with Gasteiger partial charge in [0.05, 0.1) is 19.9 Å². The van der Waals surface area contributed by atoms with Crippen molar-refractivity contribution < 1.29 is 21.8 Å². The number of nitrogens with two attached hydrogens (primary N) is 1. The Balaban J connectivity index is 3.49. The molecule has 0 amide bonds. The molecule has 0 aliphatic heterocycles. The third-order valence-corrected chi connectivity index (χ3v) is 2.62. The maximum atomic E-state index is 12.8. The Hall–Kier alpha value is -1.50. The number of benzene rings is 1. The quantitative estimate of drug-likeness (QED) is 0.623. The van der Waals surface area contributed by atoms with Gasteiger partial charge in [0.25, 0.3) is 0 Å². The lowest BCUT2D eigenvalue weighted by Crippen LogP contribution is -2.01. The fourth-order valence-electron chi connectivity index (χ4n) is 1.08. The van der Waals surface area contributed by atoms with E-state index in [1.807, 2.05) is 0 Å². The third-order valence-electron chi connectivity index (χ3n) is 1.78. The fraction of sp³-hybridized carbons (Fsp3) is 0.250. The van der Waals surface area contributed by atoms with Crippen LogP contribution < -0.4 is 15.2 Å². The summed E-state index contributed by atoms with van der Waals surface area (Å²) in [4.78, 5) is -0.601. The molecule has 0 aromatic heterocycles. The topological polar surface area (TPSA) is 78.6 Å². The van der Waals surface area contributed by atoms with E-state index in [-0.39, 0.29) is 17.2 Å². The summed E-state index contributed by atoms with van der Waals surface area (Å²) in [5, 5.41) is 0. The average Bonchev–Trinajstić information content (AvgIpc) is 2.15. The first-order valence-electron chi connectivity index (χ1n) is 3.86. The molecule has 0 radical (unpaired) electrons. The molecule has 0 saturated carbocycles. The summed E-state index contributed by atoms with van der Waals surface area (Å²) in [5.74, 6) is -0.0807. The lowest BCUT2D eigenvalue weighted by Gasteiger charge is -2.09. The van der Waals surface area contributed by atoms with Crippen molar-refractivity contribution >= 4 is 15.9 Å². The van der Waals surface area contributed by atoms with Crippen LogP contribution in [0, 0.1) is 0 Å². The van der Waals surface area contributed by atoms with Crippen molar-refractivity contribution in [1.29, 1.82) is 0 Å². The van der Waals surface area contributed by atoms with Gasteiger partial charge in [-0.25, -0.2) is 0 Å². The number of hydrogen-bond donors (Lipinski definition) is 1. The molecular weight excluding hydrogens is 225 g/mol. The van der Waals surface area contributed by atoms with Crippen molar-refractivity contribution in [2.24, 2.45) is 0 Å². The molecule has 84 valence electrons. The van der Waals surface area contributed by atoms with Gasteiger partial charge >= 0.3 is 10.2 Å². The van der Waals surface area contributed by atoms with E-state index in [2.05, 4.69) is 0 Å². The minimum absolute atomic E-state index is 0.0759. The molecule has 0 heterocycles. The van der Waals surface area contributed by atoms with Crippen LogP contribution in [0.5, 0.6) is 11.5 Å². The van der Waals surface area contributed by atoms with Crippen molar-refractivity contribution in [3.63, 3.8) is 0 Å². The molecule has 1 rings (SSSR count). The maximum absolute atomic E-state index is 12.8. The van der Waals surface area contributed by atoms with Gasteiger partial charge in [0, 0.05) is 12.1 Å². The van der Waals surface area contributed by atoms with Crippen LogP contribution in [-0.4, -0.2) is 22.6 Å². The van der Waals surface area contributed by atoms with E-state index < -0.39 is 15.1 Å². The van der Waals surface area contributed by atoms with Gasteiger partial charge in [-0.1, -0.05) is 0 Å². The molecule has 1 aromatic rings. The van der Waals surface area contributed by atoms with Crippen LogP contribution in [0.2, 0.25) is 0 Å². The molecule has 0 bridgehead atoms. The number of anilines is 1. The molecular formula is C8H10FNO4S. The van der Waals surface area contributed by atoms with Crippen LogP contribution in [0.4, 0.5) is 9.57 Å². The Morgan fingerprint density at radius 1 is 1.20 bits per heavy atom. The molecule has 0 saturated heterocycles. The minimum Gasteiger partial charge on any atom is -0.495 e. The van der Waals surface area contributed by atoms with Crippen LogP contribution in [0.3, 0.4) is 0 Å². The molecule has 15 heavy (non-hydrogen) atoms. The zero-order valence-electron chi connectivity index (χ0n) is 8.15. The van der Waals surface area contributed by atoms with Crippen LogP contribution in [-0.2, 0) is 10.2 Å². The highest BCUT2D eigenvalue weighted by Crippen LogP contribution is 2.34. The highest BCUT2D eigenvalue weighted by atomic mass is 32.3. The van der Waals surface area contributed by atoms with E-state index in [0.29, 0.717) is 0 Å². The molecule has 0 atom stereocenters. The second kappa shape index (κ2) is 3.93. The van der Waals surface area contributed by atoms with Gasteiger partial charge in [0.1, 0.15) is 16.4 Å². The lowest BCUT2D eigenvalue weighted by molar-refractivity contribution is 0.392. The molecule has 7 heteroatoms. The van der Waals surface area contributed by atoms with Crippen molar-refractivity contribution in [3.8, 4) is 11.5 Å². The Labute approximate surface area is 86.8 Å². The van der Waals surface area contributed by atoms with Crippen LogP contribution >= 0.6 is 0 Å². The Morgan fingerprint density at radius 3 is 2.13 bits per heavy atom. The summed E-state index contributed by atoms with van der Waals surface area (Å²) in [6, 6.07) is 2.16. The van der Waals surface area contributed by atoms with Gasteiger partial charge in [-0.05, 0) is 0 Å². The number of nitrogen functional groups attached to an aromatic ring is 1. The van der Waals surface area contributed by atoms with Gasteiger partial charge in [0.2, 0.25) is 0 Å². The molecule has 1 aromatic carbocycles. The van der Waals surface area contributed by atoms with E-state index in [0.717, 1.165) is 6.07 Å². The van der Waals surface area contributed by atoms with Crippen molar-refractivity contribution in [3.05, 3.63) is 12.1 Å². The number of ether oxygens (including phenoxy) is 2. The van der Waals surface area contributed by atoms with Crippen LogP contribution in [0.1, 0.15) is 0 Å². The molecule has 2 N–H and O–H groups in total. The minimum atomic E-state index is -4.86. The zero-order valence-corrected chi connectivity index (χ0v) is 8.97. The summed E-state index contributed by atoms with van der Waals surface area (Å²) in [6.45, 7) is 0. The van der Waals surface area contributed by atoms with Crippen LogP contribution in [0.25, 0.3) is 0 Å². The zero-order chi connectivity index (χ0) is 11.6. The van der Waals surface area contributed by atoms with Crippen molar-refractivity contribution in [2.45, 2.75) is 4.90 Å². The van der Waals surface area contributed by atoms with Crippen LogP contribution in [0.15, 0.2) is 17.0 Å². The number of hydrogen-bond acceptors (Lipinski definition) is 5. The van der Waals surface area contributed by atoms with E-state index >= 15 is 0 Å². The van der Waals surface area contributed by atoms with Gasteiger partial charge < -0.3 is 15.2 Å². The molecule has 0 aliphatic rings. The number of halogens is 1. The van der Waals surface area contributed by atoms with Crippen molar-refractivity contribution in [2.75, 3.05) is 20.0 Å². The Bertz CT molecular complexity index is 472. The van der Waals surface area contributed by atoms with Crippen molar-refractivity contribution in [1.82, 2.24) is 0 Å². The van der Waals surface area contributed by atoms with E-state index in [4.69, 9.17) is 15.2 Å². The SMILES string of the molecule is COc1cc(S(=O)(=O)F)c(OC)cc1N. The highest BCUT2D eigenvalue weighted by Gasteiger charge is 2.21. The summed E-state index contributed by atoms with van der Waals surface area (Å²) in [6.07, 6.45) is 0. The Kier molecular flexibility index (Phi) is 3.04. The second-order valence-corrected chi connectivity index (χ2v) is 4.00. The standard InChI is InChI=1S/C8H10FNO4S/c1-13-6-4-8(15(9,11)12)7(14-2)3-5(6)10/h3-4H,10H2,1-2H3. The molecule has 0 fully saturated rings. The predicted octanol–water partition coefficient (Wildman–Crippen LogP) is 0.944. The average molecular weight is 235 g/mol.